The zero-order chi connectivity index (χ0) is 34.5. The second-order valence-corrected chi connectivity index (χ2v) is 11.4. The van der Waals surface area contributed by atoms with Crippen molar-refractivity contribution in [2.75, 3.05) is 30.4 Å². The van der Waals surface area contributed by atoms with Crippen LogP contribution in [0, 0.1) is 0 Å². The van der Waals surface area contributed by atoms with E-state index in [0.29, 0.717) is 51.0 Å². The Hall–Kier alpha value is -4.98. The first-order valence-corrected chi connectivity index (χ1v) is 14.6. The fourth-order valence-corrected chi connectivity index (χ4v) is 4.83. The van der Waals surface area contributed by atoms with Gasteiger partial charge in [-0.05, 0) is 68.7 Å². The van der Waals surface area contributed by atoms with Gasteiger partial charge in [-0.2, -0.15) is 0 Å². The lowest BCUT2D eigenvalue weighted by atomic mass is 10.0. The number of ether oxygens (including phenoxy) is 2. The van der Waals surface area contributed by atoms with Crippen LogP contribution in [0.15, 0.2) is 65.8 Å². The van der Waals surface area contributed by atoms with Crippen molar-refractivity contribution in [2.45, 2.75) is 45.2 Å². The van der Waals surface area contributed by atoms with Gasteiger partial charge in [-0.3, -0.25) is 14.4 Å². The molecule has 2 amide bonds. The monoisotopic (exact) mass is 676 g/mol. The summed E-state index contributed by atoms with van der Waals surface area (Å²) in [7, 11) is 1.45. The summed E-state index contributed by atoms with van der Waals surface area (Å²) in [5.74, 6) is -2.39. The average Bonchev–Trinajstić information content (AvgIpc) is 3.43. The third-order valence-corrected chi connectivity index (χ3v) is 7.38. The fourth-order valence-electron chi connectivity index (χ4n) is 4.71. The number of anilines is 2. The first-order valence-electron chi connectivity index (χ1n) is 14.2. The highest BCUT2D eigenvalue weighted by Crippen LogP contribution is 2.37. The number of rotatable bonds is 12. The van der Waals surface area contributed by atoms with Crippen molar-refractivity contribution in [3.8, 4) is 11.5 Å². The largest absolute Gasteiger partial charge is 0.573 e. The molecule has 1 heterocycles. The molecule has 0 aliphatic carbocycles. The smallest absolute Gasteiger partial charge is 0.497 e. The third-order valence-electron chi connectivity index (χ3n) is 7.13. The molecule has 250 valence electrons. The summed E-state index contributed by atoms with van der Waals surface area (Å²) in [4.78, 5) is 44.2. The topological polar surface area (TPSA) is 139 Å². The zero-order valence-electron chi connectivity index (χ0n) is 25.8. The SMILES string of the molecule is COc1cc(NC(C(=O)N2CCc3ccc(OC(F)(F)F)cc32)c2ccc(Cl)cc2)cc(/C(C)=N/OC(C)(C)C(=O)NCC(=O)O)c1. The number of aliphatic carboxylic acids is 1. The minimum atomic E-state index is -4.89. The standard InChI is InChI=1S/C32H32ClF3N4O7/c1-18(39-47-31(2,3)30(44)37-17-27(41)42)21-13-23(15-25(14-21)45-4)38-28(20-5-8-22(33)9-6-20)29(43)40-12-11-19-7-10-24(16-26(19)40)46-32(34,35)36/h5-10,13-16,28,38H,11-12,17H2,1-4H3,(H,37,44)(H,41,42)/b39-18+. The van der Waals surface area contributed by atoms with Gasteiger partial charge in [-0.15, -0.1) is 13.2 Å². The van der Waals surface area contributed by atoms with Crippen molar-refractivity contribution in [3.05, 3.63) is 82.4 Å². The summed E-state index contributed by atoms with van der Waals surface area (Å²) in [5, 5.41) is 18.8. The van der Waals surface area contributed by atoms with E-state index < -0.39 is 48.1 Å². The van der Waals surface area contributed by atoms with E-state index >= 15 is 0 Å². The van der Waals surface area contributed by atoms with E-state index in [0.717, 1.165) is 0 Å². The highest BCUT2D eigenvalue weighted by molar-refractivity contribution is 6.30. The van der Waals surface area contributed by atoms with Gasteiger partial charge in [0.05, 0.1) is 18.5 Å². The van der Waals surface area contributed by atoms with E-state index in [1.165, 1.54) is 44.1 Å². The number of nitrogens with one attached hydrogen (secondary N) is 2. The highest BCUT2D eigenvalue weighted by Gasteiger charge is 2.35. The molecular weight excluding hydrogens is 645 g/mol. The number of nitrogens with zero attached hydrogens (tertiary/aromatic N) is 2. The number of carbonyl (C=O) groups is 3. The molecule has 0 saturated heterocycles. The Morgan fingerprint density at radius 1 is 1.04 bits per heavy atom. The number of benzene rings is 3. The number of fused-ring (bicyclic) bond motifs is 1. The quantitative estimate of drug-likeness (QED) is 0.164. The van der Waals surface area contributed by atoms with E-state index in [2.05, 4.69) is 20.5 Å². The van der Waals surface area contributed by atoms with Crippen molar-refractivity contribution in [3.63, 3.8) is 0 Å². The molecule has 4 rings (SSSR count). The molecule has 0 aromatic heterocycles. The highest BCUT2D eigenvalue weighted by atomic mass is 35.5. The molecule has 0 saturated carbocycles. The van der Waals surface area contributed by atoms with Gasteiger partial charge in [-0.25, -0.2) is 0 Å². The maximum Gasteiger partial charge on any atom is 0.573 e. The number of hydrogen-bond donors (Lipinski definition) is 3. The molecule has 3 aromatic carbocycles. The van der Waals surface area contributed by atoms with Crippen LogP contribution in [0.5, 0.6) is 11.5 Å². The Balaban J connectivity index is 1.65. The second kappa shape index (κ2) is 14.2. The molecule has 1 aliphatic heterocycles. The van der Waals surface area contributed by atoms with Crippen LogP contribution in [-0.2, 0) is 25.6 Å². The van der Waals surface area contributed by atoms with Crippen molar-refractivity contribution in [1.29, 1.82) is 0 Å². The van der Waals surface area contributed by atoms with Gasteiger partial charge in [-0.1, -0.05) is 35.0 Å². The lowest BCUT2D eigenvalue weighted by molar-refractivity contribution is -0.274. The van der Waals surface area contributed by atoms with E-state index in [1.807, 2.05) is 0 Å². The predicted molar refractivity (Wildman–Crippen MR) is 168 cm³/mol. The molecular formula is C32H32ClF3N4O7. The van der Waals surface area contributed by atoms with E-state index in [4.69, 9.17) is 26.3 Å². The van der Waals surface area contributed by atoms with Crippen molar-refractivity contribution in [1.82, 2.24) is 5.32 Å². The second-order valence-electron chi connectivity index (χ2n) is 11.0. The predicted octanol–water partition coefficient (Wildman–Crippen LogP) is 5.71. The zero-order valence-corrected chi connectivity index (χ0v) is 26.5. The minimum Gasteiger partial charge on any atom is -0.497 e. The number of hydrogen-bond acceptors (Lipinski definition) is 8. The molecule has 15 heteroatoms. The molecule has 0 fully saturated rings. The van der Waals surface area contributed by atoms with Gasteiger partial charge in [0.25, 0.3) is 11.8 Å². The molecule has 1 unspecified atom stereocenters. The van der Waals surface area contributed by atoms with Gasteiger partial charge in [0.15, 0.2) is 0 Å². The maximum absolute atomic E-state index is 14.2. The van der Waals surface area contributed by atoms with Gasteiger partial charge in [0.1, 0.15) is 24.1 Å². The molecule has 11 nitrogen and oxygen atoms in total. The van der Waals surface area contributed by atoms with Crippen molar-refractivity contribution < 1.29 is 47.0 Å². The minimum absolute atomic E-state index is 0.234. The number of methoxy groups -OCH3 is 1. The Morgan fingerprint density at radius 2 is 1.74 bits per heavy atom. The number of carbonyl (C=O) groups excluding carboxylic acids is 2. The number of alkyl halides is 3. The summed E-state index contributed by atoms with van der Waals surface area (Å²) in [6.07, 6.45) is -4.46. The lowest BCUT2D eigenvalue weighted by Crippen LogP contribution is -2.45. The molecule has 1 atom stereocenters. The van der Waals surface area contributed by atoms with Crippen LogP contribution in [0.25, 0.3) is 0 Å². The summed E-state index contributed by atoms with van der Waals surface area (Å²) in [6.45, 7) is 4.12. The lowest BCUT2D eigenvalue weighted by Gasteiger charge is -2.27. The van der Waals surface area contributed by atoms with Crippen molar-refractivity contribution in [2.24, 2.45) is 5.16 Å². The van der Waals surface area contributed by atoms with E-state index in [-0.39, 0.29) is 6.54 Å². The van der Waals surface area contributed by atoms with Crippen LogP contribution >= 0.6 is 11.6 Å². The Kier molecular flexibility index (Phi) is 10.5. The van der Waals surface area contributed by atoms with Crippen LogP contribution in [0.1, 0.15) is 43.5 Å². The third kappa shape index (κ3) is 9.06. The summed E-state index contributed by atoms with van der Waals surface area (Å²) in [6, 6.07) is 14.4. The molecule has 3 aromatic rings. The van der Waals surface area contributed by atoms with Crippen LogP contribution in [0.3, 0.4) is 0 Å². The fraction of sp³-hybridized carbons (Fsp3) is 0.312. The average molecular weight is 677 g/mol. The van der Waals surface area contributed by atoms with Crippen LogP contribution in [-0.4, -0.2) is 60.8 Å². The Bertz CT molecular complexity index is 1680. The molecule has 0 bridgehead atoms. The first-order chi connectivity index (χ1) is 22.1. The summed E-state index contributed by atoms with van der Waals surface area (Å²) in [5.41, 5.74) is 1.27. The number of amides is 2. The number of oxime groups is 1. The number of halogens is 4. The van der Waals surface area contributed by atoms with Gasteiger partial charge in [0, 0.05) is 35.0 Å². The van der Waals surface area contributed by atoms with E-state index in [9.17, 15) is 27.6 Å². The Labute approximate surface area is 273 Å². The first kappa shape index (κ1) is 34.9. The van der Waals surface area contributed by atoms with Crippen LogP contribution in [0.4, 0.5) is 24.5 Å². The van der Waals surface area contributed by atoms with Crippen LogP contribution in [0.2, 0.25) is 5.02 Å². The summed E-state index contributed by atoms with van der Waals surface area (Å²) < 4.78 is 48.4. The summed E-state index contributed by atoms with van der Waals surface area (Å²) >= 11 is 6.11. The molecule has 47 heavy (non-hydrogen) atoms. The van der Waals surface area contributed by atoms with Gasteiger partial charge < -0.3 is 35.0 Å². The molecule has 0 spiro atoms. The number of carboxylic acid groups (broad SMARTS) is 1. The molecule has 1 aliphatic rings. The normalized spacial score (nSPS) is 13.8. The molecule has 0 radical (unpaired) electrons. The van der Waals surface area contributed by atoms with E-state index in [1.54, 1.807) is 49.4 Å². The van der Waals surface area contributed by atoms with Crippen LogP contribution < -0.4 is 25.0 Å². The van der Waals surface area contributed by atoms with Gasteiger partial charge >= 0.3 is 12.3 Å². The van der Waals surface area contributed by atoms with Gasteiger partial charge in [0.2, 0.25) is 5.60 Å². The Morgan fingerprint density at radius 3 is 2.38 bits per heavy atom. The number of carboxylic acids is 1. The maximum atomic E-state index is 14.2. The molecule has 3 N–H and O–H groups in total. The van der Waals surface area contributed by atoms with Crippen molar-refractivity contribution >= 4 is 46.5 Å².